The number of nitrogens with zero attached hydrogens (tertiary/aromatic N) is 4. The molecule has 0 saturated heterocycles. The molecule has 0 unspecified atom stereocenters. The summed E-state index contributed by atoms with van der Waals surface area (Å²) in [6, 6.07) is 5.67. The second kappa shape index (κ2) is 7.30. The summed E-state index contributed by atoms with van der Waals surface area (Å²) in [4.78, 5) is 28.9. The van der Waals surface area contributed by atoms with E-state index < -0.39 is 5.97 Å². The molecule has 1 N–H and O–H groups in total. The van der Waals surface area contributed by atoms with Crippen LogP contribution in [0, 0.1) is 13.8 Å². The van der Waals surface area contributed by atoms with Crippen LogP contribution in [0.3, 0.4) is 0 Å². The van der Waals surface area contributed by atoms with Crippen molar-refractivity contribution >= 4 is 28.8 Å². The molecule has 0 fully saturated rings. The third kappa shape index (κ3) is 3.53. The highest BCUT2D eigenvalue weighted by atomic mass is 16.5. The first kappa shape index (κ1) is 17.5. The molecule has 8 nitrogen and oxygen atoms in total. The maximum Gasteiger partial charge on any atom is 0.341 e. The molecule has 0 atom stereocenters. The fourth-order valence-electron chi connectivity index (χ4n) is 2.51. The highest BCUT2D eigenvalue weighted by Gasteiger charge is 2.13. The molecule has 0 aliphatic rings. The molecule has 8 heteroatoms. The molecule has 0 spiro atoms. The van der Waals surface area contributed by atoms with Crippen molar-refractivity contribution in [3.05, 3.63) is 41.3 Å². The van der Waals surface area contributed by atoms with E-state index in [0.717, 1.165) is 22.3 Å². The van der Waals surface area contributed by atoms with Crippen LogP contribution >= 0.6 is 0 Å². The van der Waals surface area contributed by atoms with Crippen molar-refractivity contribution in [3.8, 4) is 5.75 Å². The lowest BCUT2D eigenvalue weighted by Crippen LogP contribution is -2.09. The third-order valence-corrected chi connectivity index (χ3v) is 3.78. The van der Waals surface area contributed by atoms with Gasteiger partial charge in [0.25, 0.3) is 0 Å². The molecule has 26 heavy (non-hydrogen) atoms. The molecule has 2 aromatic heterocycles. The van der Waals surface area contributed by atoms with Crippen LogP contribution in [-0.2, 0) is 4.74 Å². The number of anilines is 2. The van der Waals surface area contributed by atoms with Gasteiger partial charge in [-0.25, -0.2) is 24.7 Å². The van der Waals surface area contributed by atoms with E-state index in [9.17, 15) is 4.79 Å². The molecule has 2 heterocycles. The van der Waals surface area contributed by atoms with Crippen LogP contribution in [0.15, 0.2) is 24.4 Å². The first-order valence-electron chi connectivity index (χ1n) is 8.12. The van der Waals surface area contributed by atoms with Gasteiger partial charge in [0.05, 0.1) is 36.2 Å². The van der Waals surface area contributed by atoms with Gasteiger partial charge in [0.1, 0.15) is 5.75 Å². The minimum absolute atomic E-state index is 0.305. The van der Waals surface area contributed by atoms with E-state index >= 15 is 0 Å². The monoisotopic (exact) mass is 353 g/mol. The Hall–Kier alpha value is -3.29. The van der Waals surface area contributed by atoms with Gasteiger partial charge in [-0.2, -0.15) is 0 Å². The van der Waals surface area contributed by atoms with Gasteiger partial charge in [0.2, 0.25) is 11.9 Å². The fraction of sp³-hybridized carbons (Fsp3) is 0.278. The molecule has 0 amide bonds. The lowest BCUT2D eigenvalue weighted by molar-refractivity contribution is 0.0599. The highest BCUT2D eigenvalue weighted by Crippen LogP contribution is 2.23. The number of carbonyl (C=O) groups excluding carboxylic acids is 1. The Morgan fingerprint density at radius 1 is 1.12 bits per heavy atom. The summed E-state index contributed by atoms with van der Waals surface area (Å²) in [6.45, 7) is 6.15. The topological polar surface area (TPSA) is 99.1 Å². The number of carbonyl (C=O) groups is 1. The number of benzene rings is 1. The van der Waals surface area contributed by atoms with Gasteiger partial charge in [-0.15, -0.1) is 0 Å². The van der Waals surface area contributed by atoms with Crippen molar-refractivity contribution in [2.75, 3.05) is 19.0 Å². The van der Waals surface area contributed by atoms with E-state index in [1.807, 2.05) is 32.0 Å². The van der Waals surface area contributed by atoms with Crippen molar-refractivity contribution in [1.29, 1.82) is 0 Å². The maximum atomic E-state index is 11.6. The zero-order valence-electron chi connectivity index (χ0n) is 15.0. The average molecular weight is 353 g/mol. The molecule has 3 rings (SSSR count). The summed E-state index contributed by atoms with van der Waals surface area (Å²) in [6.07, 6.45) is 1.42. The van der Waals surface area contributed by atoms with E-state index in [1.165, 1.54) is 13.3 Å². The summed E-state index contributed by atoms with van der Waals surface area (Å²) < 4.78 is 10.2. The lowest BCUT2D eigenvalue weighted by atomic mass is 10.2. The van der Waals surface area contributed by atoms with Crippen LogP contribution in [0.1, 0.15) is 28.7 Å². The van der Waals surface area contributed by atoms with E-state index in [4.69, 9.17) is 9.47 Å². The van der Waals surface area contributed by atoms with Crippen molar-refractivity contribution in [1.82, 2.24) is 19.9 Å². The molecule has 0 radical (unpaired) electrons. The number of methoxy groups -OCH3 is 1. The number of nitrogens with one attached hydrogen (secondary N) is 1. The van der Waals surface area contributed by atoms with E-state index in [2.05, 4.69) is 25.3 Å². The van der Waals surface area contributed by atoms with Crippen molar-refractivity contribution in [2.45, 2.75) is 20.8 Å². The Bertz CT molecular complexity index is 974. The van der Waals surface area contributed by atoms with Crippen molar-refractivity contribution in [3.63, 3.8) is 0 Å². The molecular formula is C18H19N5O3. The summed E-state index contributed by atoms with van der Waals surface area (Å²) in [5.74, 6) is 0.992. The predicted molar refractivity (Wildman–Crippen MR) is 96.8 cm³/mol. The number of hydrogen-bond acceptors (Lipinski definition) is 8. The van der Waals surface area contributed by atoms with Crippen LogP contribution < -0.4 is 10.1 Å². The number of hydrogen-bond donors (Lipinski definition) is 1. The van der Waals surface area contributed by atoms with Crippen LogP contribution in [0.2, 0.25) is 0 Å². The molecule has 134 valence electrons. The molecule has 0 saturated carbocycles. The summed E-state index contributed by atoms with van der Waals surface area (Å²) in [5, 5.41) is 3.89. The van der Waals surface area contributed by atoms with Gasteiger partial charge < -0.3 is 9.47 Å². The average Bonchev–Trinajstić information content (AvgIpc) is 2.62. The smallest absolute Gasteiger partial charge is 0.341 e. The van der Waals surface area contributed by atoms with E-state index in [1.54, 1.807) is 6.92 Å². The molecule has 0 aliphatic heterocycles. The van der Waals surface area contributed by atoms with Gasteiger partial charge in [-0.3, -0.25) is 5.32 Å². The second-order valence-electron chi connectivity index (χ2n) is 5.55. The quantitative estimate of drug-likeness (QED) is 0.699. The SMILES string of the molecule is CCOc1ccc2nc(Nc3ncc(C(=O)OC)c(C)n3)nc(C)c2c1. The highest BCUT2D eigenvalue weighted by molar-refractivity contribution is 5.90. The fourth-order valence-corrected chi connectivity index (χ4v) is 2.51. The third-order valence-electron chi connectivity index (χ3n) is 3.78. The van der Waals surface area contributed by atoms with E-state index in [0.29, 0.717) is 29.8 Å². The summed E-state index contributed by atoms with van der Waals surface area (Å²) in [7, 11) is 1.32. The Morgan fingerprint density at radius 3 is 2.58 bits per heavy atom. The van der Waals surface area contributed by atoms with Gasteiger partial charge >= 0.3 is 5.97 Å². The molecular weight excluding hydrogens is 334 g/mol. The van der Waals surface area contributed by atoms with Gasteiger partial charge in [-0.1, -0.05) is 0 Å². The van der Waals surface area contributed by atoms with Gasteiger partial charge in [0, 0.05) is 11.6 Å². The second-order valence-corrected chi connectivity index (χ2v) is 5.55. The molecule has 0 bridgehead atoms. The normalized spacial score (nSPS) is 10.6. The Morgan fingerprint density at radius 2 is 1.88 bits per heavy atom. The molecule has 1 aromatic carbocycles. The number of ether oxygens (including phenoxy) is 2. The Labute approximate surface area is 150 Å². The van der Waals surface area contributed by atoms with Crippen LogP contribution in [-0.4, -0.2) is 39.6 Å². The maximum absolute atomic E-state index is 11.6. The number of fused-ring (bicyclic) bond motifs is 1. The number of aromatic nitrogens is 4. The number of aryl methyl sites for hydroxylation is 2. The zero-order chi connectivity index (χ0) is 18.7. The Balaban J connectivity index is 1.90. The van der Waals surface area contributed by atoms with Crippen LogP contribution in [0.25, 0.3) is 10.9 Å². The minimum Gasteiger partial charge on any atom is -0.494 e. The summed E-state index contributed by atoms with van der Waals surface area (Å²) >= 11 is 0. The number of esters is 1. The molecule has 3 aromatic rings. The van der Waals surface area contributed by atoms with Gasteiger partial charge in [0.15, 0.2) is 0 Å². The zero-order valence-corrected chi connectivity index (χ0v) is 15.0. The summed E-state index contributed by atoms with van der Waals surface area (Å²) in [5.41, 5.74) is 2.42. The lowest BCUT2D eigenvalue weighted by Gasteiger charge is -2.10. The Kier molecular flexibility index (Phi) is 4.92. The van der Waals surface area contributed by atoms with Crippen molar-refractivity contribution < 1.29 is 14.3 Å². The predicted octanol–water partition coefficient (Wildman–Crippen LogP) is 2.97. The van der Waals surface area contributed by atoms with E-state index in [-0.39, 0.29) is 0 Å². The van der Waals surface area contributed by atoms with Crippen LogP contribution in [0.5, 0.6) is 5.75 Å². The van der Waals surface area contributed by atoms with Crippen molar-refractivity contribution in [2.24, 2.45) is 0 Å². The van der Waals surface area contributed by atoms with Gasteiger partial charge in [-0.05, 0) is 39.0 Å². The molecule has 0 aliphatic carbocycles. The largest absolute Gasteiger partial charge is 0.494 e. The standard InChI is InChI=1S/C18H19N5O3/c1-5-26-12-6-7-15-13(8-12)10(2)21-18(22-15)23-17-19-9-14(11(3)20-17)16(24)25-4/h6-9H,5H2,1-4H3,(H,19,20,21,22,23). The number of rotatable bonds is 5. The first-order valence-corrected chi connectivity index (χ1v) is 8.12. The first-order chi connectivity index (χ1) is 12.5. The minimum atomic E-state index is -0.475. The van der Waals surface area contributed by atoms with Crippen LogP contribution in [0.4, 0.5) is 11.9 Å².